The molecule has 0 atom stereocenters. The molecule has 2 aromatic heterocycles. The largest absolute Gasteiger partial charge is 0.252 e. The summed E-state index contributed by atoms with van der Waals surface area (Å²) in [5, 5.41) is 16.0. The highest BCUT2D eigenvalue weighted by molar-refractivity contribution is 4.95. The van der Waals surface area contributed by atoms with Crippen molar-refractivity contribution in [3.63, 3.8) is 0 Å². The molecule has 92 valence electrons. The van der Waals surface area contributed by atoms with Gasteiger partial charge in [-0.3, -0.25) is 4.68 Å². The predicted octanol–water partition coefficient (Wildman–Crippen LogP) is 1.39. The third-order valence-corrected chi connectivity index (χ3v) is 2.61. The Morgan fingerprint density at radius 2 is 2.12 bits per heavy atom. The monoisotopic (exact) mass is 234 g/mol. The molecular formula is C11H18N6. The minimum Gasteiger partial charge on any atom is -0.252 e. The first-order valence-corrected chi connectivity index (χ1v) is 5.92. The maximum absolute atomic E-state index is 4.08. The molecule has 0 amide bonds. The molecule has 2 aromatic rings. The average molecular weight is 234 g/mol. The highest BCUT2D eigenvalue weighted by Gasteiger charge is 2.06. The minimum atomic E-state index is 0.362. The van der Waals surface area contributed by atoms with Crippen LogP contribution in [0.3, 0.4) is 0 Å². The zero-order valence-electron chi connectivity index (χ0n) is 10.5. The van der Waals surface area contributed by atoms with Gasteiger partial charge in [0, 0.05) is 18.8 Å². The molecule has 17 heavy (non-hydrogen) atoms. The van der Waals surface area contributed by atoms with E-state index in [1.54, 1.807) is 0 Å². The molecule has 0 aliphatic rings. The first-order chi connectivity index (χ1) is 8.16. The Labute approximate surface area is 101 Å². The van der Waals surface area contributed by atoms with Gasteiger partial charge in [0.1, 0.15) is 0 Å². The first-order valence-electron chi connectivity index (χ1n) is 5.92. The van der Waals surface area contributed by atoms with Crippen LogP contribution >= 0.6 is 0 Å². The number of aromatic nitrogens is 6. The number of aryl methyl sites for hydroxylation is 3. The number of hydrogen-bond donors (Lipinski definition) is 0. The maximum Gasteiger partial charge on any atom is 0.0796 e. The summed E-state index contributed by atoms with van der Waals surface area (Å²) in [7, 11) is 0. The van der Waals surface area contributed by atoms with Crippen LogP contribution in [0.1, 0.15) is 37.7 Å². The van der Waals surface area contributed by atoms with Gasteiger partial charge in [-0.15, -0.1) is 10.2 Å². The molecule has 0 saturated heterocycles. The predicted molar refractivity (Wildman–Crippen MR) is 63.5 cm³/mol. The van der Waals surface area contributed by atoms with Crippen LogP contribution in [0, 0.1) is 6.92 Å². The number of nitrogens with zero attached hydrogens (tertiary/aromatic N) is 6. The lowest BCUT2D eigenvalue weighted by Crippen LogP contribution is -2.09. The summed E-state index contributed by atoms with van der Waals surface area (Å²) in [6.45, 7) is 7.04. The lowest BCUT2D eigenvalue weighted by molar-refractivity contribution is 0.480. The summed E-state index contributed by atoms with van der Waals surface area (Å²) in [6.07, 6.45) is 5.78. The second-order valence-corrected chi connectivity index (χ2v) is 4.49. The van der Waals surface area contributed by atoms with Crippen molar-refractivity contribution in [2.24, 2.45) is 0 Å². The molecule has 0 unspecified atom stereocenters. The van der Waals surface area contributed by atoms with Crippen molar-refractivity contribution in [2.75, 3.05) is 0 Å². The topological polar surface area (TPSA) is 61.4 Å². The van der Waals surface area contributed by atoms with E-state index in [2.05, 4.69) is 34.5 Å². The van der Waals surface area contributed by atoms with Gasteiger partial charge in [-0.05, 0) is 33.6 Å². The molecule has 0 bridgehead atoms. The van der Waals surface area contributed by atoms with E-state index < -0.39 is 0 Å². The van der Waals surface area contributed by atoms with Crippen LogP contribution in [0.25, 0.3) is 0 Å². The van der Waals surface area contributed by atoms with Crippen LogP contribution in [0.4, 0.5) is 0 Å². The van der Waals surface area contributed by atoms with Gasteiger partial charge in [0.2, 0.25) is 0 Å². The molecule has 0 N–H and O–H groups in total. The highest BCUT2D eigenvalue weighted by Crippen LogP contribution is 2.08. The van der Waals surface area contributed by atoms with Gasteiger partial charge < -0.3 is 0 Å². The van der Waals surface area contributed by atoms with Crippen molar-refractivity contribution in [3.05, 3.63) is 23.8 Å². The van der Waals surface area contributed by atoms with Crippen LogP contribution in [-0.2, 0) is 13.0 Å². The molecule has 6 heteroatoms. The van der Waals surface area contributed by atoms with Gasteiger partial charge in [-0.25, -0.2) is 4.68 Å². The standard InChI is InChI=1S/C11H18N6/c1-9(2)17-11(7-12-14-17)5-4-6-16-8-10(3)13-15-16/h7-9H,4-6H2,1-3H3. The van der Waals surface area contributed by atoms with Crippen molar-refractivity contribution in [1.82, 2.24) is 30.0 Å². The number of hydrogen-bond acceptors (Lipinski definition) is 4. The van der Waals surface area contributed by atoms with Crippen molar-refractivity contribution < 1.29 is 0 Å². The Balaban J connectivity index is 1.88. The van der Waals surface area contributed by atoms with Crippen LogP contribution in [0.2, 0.25) is 0 Å². The van der Waals surface area contributed by atoms with Gasteiger partial charge in [0.25, 0.3) is 0 Å². The highest BCUT2D eigenvalue weighted by atomic mass is 15.4. The molecule has 0 aliphatic heterocycles. The third-order valence-electron chi connectivity index (χ3n) is 2.61. The quantitative estimate of drug-likeness (QED) is 0.784. The fourth-order valence-corrected chi connectivity index (χ4v) is 1.81. The fraction of sp³-hybridized carbons (Fsp3) is 0.636. The summed E-state index contributed by atoms with van der Waals surface area (Å²) >= 11 is 0. The number of rotatable bonds is 5. The minimum absolute atomic E-state index is 0.362. The Morgan fingerprint density at radius 1 is 1.29 bits per heavy atom. The molecule has 2 heterocycles. The van der Waals surface area contributed by atoms with Gasteiger partial charge in [-0.2, -0.15) is 0 Å². The average Bonchev–Trinajstić information content (AvgIpc) is 2.87. The molecule has 0 saturated carbocycles. The summed E-state index contributed by atoms with van der Waals surface area (Å²) in [5.41, 5.74) is 2.13. The molecule has 0 aliphatic carbocycles. The molecule has 0 aromatic carbocycles. The van der Waals surface area contributed by atoms with Crippen LogP contribution in [0.5, 0.6) is 0 Å². The fourth-order valence-electron chi connectivity index (χ4n) is 1.81. The molecule has 2 rings (SSSR count). The zero-order valence-corrected chi connectivity index (χ0v) is 10.5. The van der Waals surface area contributed by atoms with E-state index in [0.29, 0.717) is 6.04 Å². The SMILES string of the molecule is Cc1cn(CCCc2cnnn2C(C)C)nn1. The third kappa shape index (κ3) is 2.89. The maximum atomic E-state index is 4.08. The normalized spacial score (nSPS) is 11.3. The molecule has 0 fully saturated rings. The Kier molecular flexibility index (Phi) is 3.51. The summed E-state index contributed by atoms with van der Waals surface area (Å²) < 4.78 is 3.84. The smallest absolute Gasteiger partial charge is 0.0796 e. The van der Waals surface area contributed by atoms with Crippen molar-refractivity contribution in [1.29, 1.82) is 0 Å². The van der Waals surface area contributed by atoms with Crippen LogP contribution < -0.4 is 0 Å². The van der Waals surface area contributed by atoms with Crippen LogP contribution in [-0.4, -0.2) is 30.0 Å². The van der Waals surface area contributed by atoms with Crippen molar-refractivity contribution >= 4 is 0 Å². The Hall–Kier alpha value is -1.72. The van der Waals surface area contributed by atoms with E-state index in [9.17, 15) is 0 Å². The van der Waals surface area contributed by atoms with Gasteiger partial charge in [0.15, 0.2) is 0 Å². The van der Waals surface area contributed by atoms with E-state index in [1.165, 1.54) is 5.69 Å². The second kappa shape index (κ2) is 5.07. The van der Waals surface area contributed by atoms with Gasteiger partial charge in [-0.1, -0.05) is 10.4 Å². The van der Waals surface area contributed by atoms with Gasteiger partial charge in [0.05, 0.1) is 17.6 Å². The van der Waals surface area contributed by atoms with Gasteiger partial charge >= 0.3 is 0 Å². The van der Waals surface area contributed by atoms with E-state index >= 15 is 0 Å². The first kappa shape index (κ1) is 11.8. The summed E-state index contributed by atoms with van der Waals surface area (Å²) in [4.78, 5) is 0. The van der Waals surface area contributed by atoms with E-state index in [4.69, 9.17) is 0 Å². The van der Waals surface area contributed by atoms with E-state index in [-0.39, 0.29) is 0 Å². The van der Waals surface area contributed by atoms with Crippen molar-refractivity contribution in [3.8, 4) is 0 Å². The van der Waals surface area contributed by atoms with E-state index in [1.807, 2.05) is 28.7 Å². The molecule has 0 spiro atoms. The Bertz CT molecular complexity index is 470. The Morgan fingerprint density at radius 3 is 2.76 bits per heavy atom. The molecular weight excluding hydrogens is 216 g/mol. The van der Waals surface area contributed by atoms with E-state index in [0.717, 1.165) is 25.1 Å². The summed E-state index contributed by atoms with van der Waals surface area (Å²) in [5.74, 6) is 0. The lowest BCUT2D eigenvalue weighted by Gasteiger charge is -2.08. The van der Waals surface area contributed by atoms with Crippen LogP contribution in [0.15, 0.2) is 12.4 Å². The lowest BCUT2D eigenvalue weighted by atomic mass is 10.2. The second-order valence-electron chi connectivity index (χ2n) is 4.49. The molecule has 6 nitrogen and oxygen atoms in total. The zero-order chi connectivity index (χ0) is 12.3. The summed E-state index contributed by atoms with van der Waals surface area (Å²) in [6, 6.07) is 0.362. The molecule has 0 radical (unpaired) electrons. The van der Waals surface area contributed by atoms with Crippen molar-refractivity contribution in [2.45, 2.75) is 46.2 Å².